The molecule has 1 saturated heterocycles. The molecule has 0 aliphatic carbocycles. The first-order valence-corrected chi connectivity index (χ1v) is 8.39. The van der Waals surface area contributed by atoms with E-state index in [4.69, 9.17) is 9.47 Å². The second kappa shape index (κ2) is 8.13. The molecule has 1 aliphatic heterocycles. The lowest BCUT2D eigenvalue weighted by atomic mass is 9.99. The van der Waals surface area contributed by atoms with Crippen molar-refractivity contribution >= 4 is 6.08 Å². The fraction of sp³-hybridized carbons (Fsp3) is 0.421. The number of nitrogens with zero attached hydrogens (tertiary/aromatic N) is 2. The van der Waals surface area contributed by atoms with Gasteiger partial charge in [-0.3, -0.25) is 4.68 Å². The minimum Gasteiger partial charge on any atom is -0.496 e. The molecule has 1 aliphatic rings. The van der Waals surface area contributed by atoms with Gasteiger partial charge < -0.3 is 14.8 Å². The van der Waals surface area contributed by atoms with Crippen LogP contribution in [-0.4, -0.2) is 36.6 Å². The molecule has 24 heavy (non-hydrogen) atoms. The highest BCUT2D eigenvalue weighted by Crippen LogP contribution is 2.33. The molecule has 1 aromatic carbocycles. The monoisotopic (exact) mass is 327 g/mol. The third kappa shape index (κ3) is 3.86. The summed E-state index contributed by atoms with van der Waals surface area (Å²) < 4.78 is 13.2. The topological polar surface area (TPSA) is 48.3 Å². The molecule has 3 rings (SSSR count). The van der Waals surface area contributed by atoms with Crippen molar-refractivity contribution in [2.45, 2.75) is 12.5 Å². The van der Waals surface area contributed by atoms with E-state index < -0.39 is 0 Å². The molecule has 2 aromatic rings. The SMILES string of the molecule is COc1ccccc1/C=C/CNC[C@@H]1CCO[C@H]1c1ccnn1C. The van der Waals surface area contributed by atoms with E-state index in [-0.39, 0.29) is 6.10 Å². The Balaban J connectivity index is 1.49. The Morgan fingerprint density at radius 1 is 1.38 bits per heavy atom. The summed E-state index contributed by atoms with van der Waals surface area (Å²) in [6, 6.07) is 10.1. The molecule has 1 aromatic heterocycles. The number of aromatic nitrogens is 2. The summed E-state index contributed by atoms with van der Waals surface area (Å²) in [5.41, 5.74) is 2.25. The van der Waals surface area contributed by atoms with Gasteiger partial charge in [0.1, 0.15) is 11.9 Å². The zero-order chi connectivity index (χ0) is 16.8. The Kier molecular flexibility index (Phi) is 5.67. The summed E-state index contributed by atoms with van der Waals surface area (Å²) in [6.45, 7) is 2.58. The number of aryl methyl sites for hydroxylation is 1. The van der Waals surface area contributed by atoms with Gasteiger partial charge in [0.25, 0.3) is 0 Å². The van der Waals surface area contributed by atoms with Crippen LogP contribution in [0.15, 0.2) is 42.6 Å². The van der Waals surface area contributed by atoms with Crippen LogP contribution in [0, 0.1) is 5.92 Å². The lowest BCUT2D eigenvalue weighted by Crippen LogP contribution is -2.25. The highest BCUT2D eigenvalue weighted by molar-refractivity contribution is 5.57. The van der Waals surface area contributed by atoms with Crippen LogP contribution in [-0.2, 0) is 11.8 Å². The zero-order valence-corrected chi connectivity index (χ0v) is 14.3. The largest absolute Gasteiger partial charge is 0.496 e. The smallest absolute Gasteiger partial charge is 0.126 e. The lowest BCUT2D eigenvalue weighted by Gasteiger charge is -2.18. The van der Waals surface area contributed by atoms with Gasteiger partial charge in [-0.1, -0.05) is 30.4 Å². The third-order valence-electron chi connectivity index (χ3n) is 4.47. The average Bonchev–Trinajstić information content (AvgIpc) is 3.23. The summed E-state index contributed by atoms with van der Waals surface area (Å²) in [7, 11) is 3.67. The molecule has 5 nitrogen and oxygen atoms in total. The van der Waals surface area contributed by atoms with Gasteiger partial charge in [-0.05, 0) is 18.6 Å². The zero-order valence-electron chi connectivity index (χ0n) is 14.3. The molecule has 0 spiro atoms. The van der Waals surface area contributed by atoms with E-state index >= 15 is 0 Å². The summed E-state index contributed by atoms with van der Waals surface area (Å²) in [4.78, 5) is 0. The first-order valence-electron chi connectivity index (χ1n) is 8.39. The second-order valence-electron chi connectivity index (χ2n) is 6.02. The van der Waals surface area contributed by atoms with E-state index in [1.807, 2.05) is 42.2 Å². The second-order valence-corrected chi connectivity index (χ2v) is 6.02. The van der Waals surface area contributed by atoms with Gasteiger partial charge >= 0.3 is 0 Å². The number of rotatable bonds is 7. The van der Waals surface area contributed by atoms with Crippen LogP contribution in [0.1, 0.15) is 23.8 Å². The molecule has 0 saturated carbocycles. The molecule has 0 amide bonds. The third-order valence-corrected chi connectivity index (χ3v) is 4.47. The Hall–Kier alpha value is -2.11. The molecule has 2 heterocycles. The van der Waals surface area contributed by atoms with Crippen molar-refractivity contribution in [3.63, 3.8) is 0 Å². The molecular formula is C19H25N3O2. The summed E-state index contributed by atoms with van der Waals surface area (Å²) in [5, 5.41) is 7.76. The molecular weight excluding hydrogens is 302 g/mol. The first kappa shape index (κ1) is 16.7. The van der Waals surface area contributed by atoms with E-state index in [0.717, 1.165) is 43.1 Å². The lowest BCUT2D eigenvalue weighted by molar-refractivity contribution is 0.0841. The molecule has 0 unspecified atom stereocenters. The van der Waals surface area contributed by atoms with Gasteiger partial charge in [0.15, 0.2) is 0 Å². The number of benzene rings is 1. The quantitative estimate of drug-likeness (QED) is 0.795. The van der Waals surface area contributed by atoms with Crippen LogP contribution in [0.5, 0.6) is 5.75 Å². The average molecular weight is 327 g/mol. The Morgan fingerprint density at radius 2 is 2.25 bits per heavy atom. The normalized spacial score (nSPS) is 20.8. The molecule has 2 atom stereocenters. The van der Waals surface area contributed by atoms with E-state index in [1.54, 1.807) is 7.11 Å². The molecule has 5 heteroatoms. The van der Waals surface area contributed by atoms with Crippen molar-refractivity contribution in [2.24, 2.45) is 13.0 Å². The van der Waals surface area contributed by atoms with Gasteiger partial charge in [0.2, 0.25) is 0 Å². The maximum absolute atomic E-state index is 5.91. The maximum Gasteiger partial charge on any atom is 0.126 e. The summed E-state index contributed by atoms with van der Waals surface area (Å²) in [5.74, 6) is 1.38. The van der Waals surface area contributed by atoms with Crippen LogP contribution in [0.2, 0.25) is 0 Å². The highest BCUT2D eigenvalue weighted by Gasteiger charge is 2.30. The number of hydrogen-bond acceptors (Lipinski definition) is 4. The Labute approximate surface area is 143 Å². The van der Waals surface area contributed by atoms with Crippen LogP contribution in [0.3, 0.4) is 0 Å². The van der Waals surface area contributed by atoms with Gasteiger partial charge in [-0.25, -0.2) is 0 Å². The first-order chi connectivity index (χ1) is 11.8. The predicted octanol–water partition coefficient (Wildman–Crippen LogP) is 2.81. The van der Waals surface area contributed by atoms with Crippen molar-refractivity contribution < 1.29 is 9.47 Å². The number of para-hydroxylation sites is 1. The fourth-order valence-corrected chi connectivity index (χ4v) is 3.18. The predicted molar refractivity (Wildman–Crippen MR) is 94.9 cm³/mol. The van der Waals surface area contributed by atoms with Crippen molar-refractivity contribution in [1.29, 1.82) is 0 Å². The number of methoxy groups -OCH3 is 1. The highest BCUT2D eigenvalue weighted by atomic mass is 16.5. The summed E-state index contributed by atoms with van der Waals surface area (Å²) >= 11 is 0. The van der Waals surface area contributed by atoms with Gasteiger partial charge in [0.05, 0.1) is 12.8 Å². The maximum atomic E-state index is 5.91. The van der Waals surface area contributed by atoms with Crippen LogP contribution >= 0.6 is 0 Å². The molecule has 1 fully saturated rings. The van der Waals surface area contributed by atoms with Gasteiger partial charge in [-0.15, -0.1) is 0 Å². The van der Waals surface area contributed by atoms with Gasteiger partial charge in [0, 0.05) is 44.4 Å². The molecule has 0 bridgehead atoms. The minimum absolute atomic E-state index is 0.142. The summed E-state index contributed by atoms with van der Waals surface area (Å²) in [6.07, 6.45) is 7.28. The number of ether oxygens (including phenoxy) is 2. The van der Waals surface area contributed by atoms with E-state index in [1.165, 1.54) is 0 Å². The van der Waals surface area contributed by atoms with Crippen LogP contribution in [0.25, 0.3) is 6.08 Å². The van der Waals surface area contributed by atoms with E-state index in [0.29, 0.717) is 5.92 Å². The van der Waals surface area contributed by atoms with Crippen molar-refractivity contribution in [1.82, 2.24) is 15.1 Å². The van der Waals surface area contributed by atoms with Crippen molar-refractivity contribution in [3.8, 4) is 5.75 Å². The fourth-order valence-electron chi connectivity index (χ4n) is 3.18. The van der Waals surface area contributed by atoms with Crippen molar-refractivity contribution in [2.75, 3.05) is 26.8 Å². The number of nitrogens with one attached hydrogen (secondary N) is 1. The van der Waals surface area contributed by atoms with E-state index in [2.05, 4.69) is 28.6 Å². The minimum atomic E-state index is 0.142. The van der Waals surface area contributed by atoms with Crippen LogP contribution in [0.4, 0.5) is 0 Å². The van der Waals surface area contributed by atoms with Crippen LogP contribution < -0.4 is 10.1 Å². The molecule has 1 N–H and O–H groups in total. The Bertz CT molecular complexity index is 681. The van der Waals surface area contributed by atoms with E-state index in [9.17, 15) is 0 Å². The molecule has 128 valence electrons. The van der Waals surface area contributed by atoms with Crippen molar-refractivity contribution in [3.05, 3.63) is 53.9 Å². The Morgan fingerprint density at radius 3 is 3.04 bits per heavy atom. The molecule has 0 radical (unpaired) electrons. The number of hydrogen-bond donors (Lipinski definition) is 1. The van der Waals surface area contributed by atoms with Gasteiger partial charge in [-0.2, -0.15) is 5.10 Å². The standard InChI is InChI=1S/C19H25N3O2/c1-22-17(9-12-21-22)19-16(10-13-24-19)14-20-11-5-7-15-6-3-4-8-18(15)23-2/h3-9,12,16,19-20H,10-11,13-14H2,1-2H3/b7-5+/t16-,19+/m0/s1.